The van der Waals surface area contributed by atoms with Crippen molar-refractivity contribution in [3.8, 4) is 0 Å². The highest BCUT2D eigenvalue weighted by Gasteiger charge is 2.04. The number of hydrogen-bond acceptors (Lipinski definition) is 3. The van der Waals surface area contributed by atoms with Gasteiger partial charge < -0.3 is 4.74 Å². The molecule has 0 heterocycles. The average molecular weight is 265 g/mol. The van der Waals surface area contributed by atoms with E-state index in [4.69, 9.17) is 23.2 Å². The van der Waals surface area contributed by atoms with E-state index in [1.165, 1.54) is 18.9 Å². The SMILES string of the molecule is COC(=O)CCSc1cc(Cl)ccc1Cl. The summed E-state index contributed by atoms with van der Waals surface area (Å²) in [4.78, 5) is 11.7. The minimum atomic E-state index is -0.222. The number of halogens is 2. The molecule has 0 aliphatic carbocycles. The number of carbonyl (C=O) groups excluding carboxylic acids is 1. The van der Waals surface area contributed by atoms with Crippen molar-refractivity contribution < 1.29 is 9.53 Å². The van der Waals surface area contributed by atoms with Gasteiger partial charge in [-0.1, -0.05) is 23.2 Å². The molecule has 1 aromatic carbocycles. The Bertz CT molecular complexity index is 355. The molecule has 0 aliphatic rings. The van der Waals surface area contributed by atoms with E-state index in [1.54, 1.807) is 18.2 Å². The number of rotatable bonds is 4. The molecule has 0 saturated carbocycles. The van der Waals surface area contributed by atoms with Gasteiger partial charge in [0.15, 0.2) is 0 Å². The largest absolute Gasteiger partial charge is 0.469 e. The summed E-state index contributed by atoms with van der Waals surface area (Å²) in [5, 5.41) is 1.29. The van der Waals surface area contributed by atoms with Crippen molar-refractivity contribution >= 4 is 40.9 Å². The maximum absolute atomic E-state index is 10.9. The quantitative estimate of drug-likeness (QED) is 0.614. The lowest BCUT2D eigenvalue weighted by Crippen LogP contribution is -2.00. The lowest BCUT2D eigenvalue weighted by Gasteiger charge is -2.03. The van der Waals surface area contributed by atoms with Crippen LogP contribution in [0.5, 0.6) is 0 Å². The summed E-state index contributed by atoms with van der Waals surface area (Å²) in [6.07, 6.45) is 0.365. The molecule has 0 amide bonds. The van der Waals surface area contributed by atoms with Gasteiger partial charge in [-0.2, -0.15) is 0 Å². The lowest BCUT2D eigenvalue weighted by molar-refractivity contribution is -0.140. The fourth-order valence-electron chi connectivity index (χ4n) is 0.934. The van der Waals surface area contributed by atoms with E-state index in [1.807, 2.05) is 0 Å². The summed E-state index contributed by atoms with van der Waals surface area (Å²) in [5.74, 6) is 0.410. The summed E-state index contributed by atoms with van der Waals surface area (Å²) in [6.45, 7) is 0. The molecule has 2 nitrogen and oxygen atoms in total. The predicted octanol–water partition coefficient (Wildman–Crippen LogP) is 3.65. The van der Waals surface area contributed by atoms with Crippen molar-refractivity contribution in [1.29, 1.82) is 0 Å². The van der Waals surface area contributed by atoms with Crippen LogP contribution in [0.2, 0.25) is 10.0 Å². The Hall–Kier alpha value is -0.380. The topological polar surface area (TPSA) is 26.3 Å². The molecule has 5 heteroatoms. The van der Waals surface area contributed by atoms with Crippen LogP contribution in [0.3, 0.4) is 0 Å². The van der Waals surface area contributed by atoms with E-state index in [-0.39, 0.29) is 5.97 Å². The van der Waals surface area contributed by atoms with Gasteiger partial charge in [-0.15, -0.1) is 11.8 Å². The number of esters is 1. The van der Waals surface area contributed by atoms with Crippen LogP contribution in [0.15, 0.2) is 23.1 Å². The third-order valence-electron chi connectivity index (χ3n) is 1.68. The lowest BCUT2D eigenvalue weighted by atomic mass is 10.4. The van der Waals surface area contributed by atoms with Gasteiger partial charge in [-0.25, -0.2) is 0 Å². The third-order valence-corrected chi connectivity index (χ3v) is 3.42. The van der Waals surface area contributed by atoms with Crippen molar-refractivity contribution in [2.24, 2.45) is 0 Å². The third kappa shape index (κ3) is 4.33. The second-order valence-electron chi connectivity index (χ2n) is 2.75. The Balaban J connectivity index is 2.50. The van der Waals surface area contributed by atoms with Gasteiger partial charge in [-0.05, 0) is 18.2 Å². The molecule has 0 spiro atoms. The Morgan fingerprint density at radius 1 is 1.47 bits per heavy atom. The molecular weight excluding hydrogens is 255 g/mol. The second-order valence-corrected chi connectivity index (χ2v) is 4.73. The first-order chi connectivity index (χ1) is 7.13. The normalized spacial score (nSPS) is 10.1. The maximum atomic E-state index is 10.9. The van der Waals surface area contributed by atoms with E-state index >= 15 is 0 Å². The van der Waals surface area contributed by atoms with Crippen molar-refractivity contribution in [1.82, 2.24) is 0 Å². The van der Waals surface area contributed by atoms with Crippen LogP contribution in [0.4, 0.5) is 0 Å². The van der Waals surface area contributed by atoms with Crippen LogP contribution in [0.1, 0.15) is 6.42 Å². The predicted molar refractivity (Wildman–Crippen MR) is 63.8 cm³/mol. The Morgan fingerprint density at radius 2 is 2.20 bits per heavy atom. The monoisotopic (exact) mass is 264 g/mol. The molecule has 0 N–H and O–H groups in total. The Kier molecular flexibility index (Phi) is 5.29. The van der Waals surface area contributed by atoms with E-state index in [2.05, 4.69) is 4.74 Å². The molecule has 82 valence electrons. The zero-order valence-electron chi connectivity index (χ0n) is 8.13. The summed E-state index contributed by atoms with van der Waals surface area (Å²) in [7, 11) is 1.37. The highest BCUT2D eigenvalue weighted by Crippen LogP contribution is 2.30. The number of methoxy groups -OCH3 is 1. The highest BCUT2D eigenvalue weighted by molar-refractivity contribution is 7.99. The van der Waals surface area contributed by atoms with Crippen LogP contribution in [0.25, 0.3) is 0 Å². The molecule has 1 aromatic rings. The van der Waals surface area contributed by atoms with Gasteiger partial charge in [0.25, 0.3) is 0 Å². The maximum Gasteiger partial charge on any atom is 0.306 e. The molecule has 0 unspecified atom stereocenters. The second kappa shape index (κ2) is 6.26. The van der Waals surface area contributed by atoms with Gasteiger partial charge in [0.2, 0.25) is 0 Å². The summed E-state index contributed by atoms with van der Waals surface area (Å²) in [5.41, 5.74) is 0. The van der Waals surface area contributed by atoms with E-state index in [0.29, 0.717) is 22.2 Å². The molecule has 0 radical (unpaired) electrons. The molecule has 1 rings (SSSR count). The van der Waals surface area contributed by atoms with Crippen LogP contribution < -0.4 is 0 Å². The molecule has 0 bridgehead atoms. The van der Waals surface area contributed by atoms with Gasteiger partial charge in [0.1, 0.15) is 0 Å². The first-order valence-corrected chi connectivity index (χ1v) is 6.02. The first kappa shape index (κ1) is 12.7. The van der Waals surface area contributed by atoms with Gasteiger partial charge in [0, 0.05) is 15.7 Å². The van der Waals surface area contributed by atoms with Crippen LogP contribution in [0, 0.1) is 0 Å². The number of thioether (sulfide) groups is 1. The van der Waals surface area contributed by atoms with E-state index < -0.39 is 0 Å². The fraction of sp³-hybridized carbons (Fsp3) is 0.300. The molecular formula is C10H10Cl2O2S. The number of hydrogen-bond donors (Lipinski definition) is 0. The minimum absolute atomic E-state index is 0.222. The molecule has 0 aromatic heterocycles. The van der Waals surface area contributed by atoms with Crippen LogP contribution in [-0.2, 0) is 9.53 Å². The van der Waals surface area contributed by atoms with Crippen molar-refractivity contribution in [3.05, 3.63) is 28.2 Å². The number of ether oxygens (including phenoxy) is 1. The molecule has 0 atom stereocenters. The Morgan fingerprint density at radius 3 is 2.87 bits per heavy atom. The van der Waals surface area contributed by atoms with Crippen molar-refractivity contribution in [2.75, 3.05) is 12.9 Å². The molecule has 0 aliphatic heterocycles. The van der Waals surface area contributed by atoms with Crippen LogP contribution in [-0.4, -0.2) is 18.8 Å². The van der Waals surface area contributed by atoms with E-state index in [0.717, 1.165) is 4.90 Å². The zero-order valence-corrected chi connectivity index (χ0v) is 10.5. The van der Waals surface area contributed by atoms with Crippen molar-refractivity contribution in [3.63, 3.8) is 0 Å². The average Bonchev–Trinajstić information content (AvgIpc) is 2.23. The van der Waals surface area contributed by atoms with Crippen LogP contribution >= 0.6 is 35.0 Å². The summed E-state index contributed by atoms with van der Waals surface area (Å²) < 4.78 is 4.53. The van der Waals surface area contributed by atoms with Gasteiger partial charge >= 0.3 is 5.97 Å². The van der Waals surface area contributed by atoms with Crippen molar-refractivity contribution in [2.45, 2.75) is 11.3 Å². The standard InChI is InChI=1S/C10H10Cl2O2S/c1-14-10(13)4-5-15-9-6-7(11)2-3-8(9)12/h2-3,6H,4-5H2,1H3. The van der Waals surface area contributed by atoms with Gasteiger partial charge in [-0.3, -0.25) is 4.79 Å². The van der Waals surface area contributed by atoms with E-state index in [9.17, 15) is 4.79 Å². The highest BCUT2D eigenvalue weighted by atomic mass is 35.5. The first-order valence-electron chi connectivity index (χ1n) is 4.28. The fourth-order valence-corrected chi connectivity index (χ4v) is 2.36. The number of benzene rings is 1. The minimum Gasteiger partial charge on any atom is -0.469 e. The zero-order chi connectivity index (χ0) is 11.3. The summed E-state index contributed by atoms with van der Waals surface area (Å²) >= 11 is 13.3. The molecule has 0 fully saturated rings. The smallest absolute Gasteiger partial charge is 0.306 e. The Labute approximate surface area is 103 Å². The molecule has 15 heavy (non-hydrogen) atoms. The van der Waals surface area contributed by atoms with Gasteiger partial charge in [0.05, 0.1) is 18.6 Å². The molecule has 0 saturated heterocycles. The number of carbonyl (C=O) groups is 1. The summed E-state index contributed by atoms with van der Waals surface area (Å²) in [6, 6.07) is 5.25.